The quantitative estimate of drug-likeness (QED) is 0.608. The number of hydrazine groups is 1. The third kappa shape index (κ3) is 3.15. The van der Waals surface area contributed by atoms with Crippen molar-refractivity contribution in [2.75, 3.05) is 16.9 Å². The molecule has 1 aliphatic heterocycles. The largest absolute Gasteiger partial charge is 0.376 e. The molecule has 1 aromatic carbocycles. The van der Waals surface area contributed by atoms with E-state index in [0.717, 1.165) is 5.69 Å². The lowest BCUT2D eigenvalue weighted by Gasteiger charge is -2.19. The first-order valence-electron chi connectivity index (χ1n) is 4.75. The van der Waals surface area contributed by atoms with E-state index in [2.05, 4.69) is 22.9 Å². The Hall–Kier alpha value is -0.255. The molecule has 1 saturated heterocycles. The number of para-hydroxylation sites is 1. The van der Waals surface area contributed by atoms with E-state index in [1.807, 2.05) is 41.4 Å². The van der Waals surface area contributed by atoms with Crippen LogP contribution < -0.4 is 10.8 Å². The first-order chi connectivity index (χ1) is 6.95. The molecule has 0 unspecified atom stereocenters. The standard InChI is InChI=1S/C9H13BN2S2/c1-2-5-9(6-3-1)11-12-10-13-7-4-8-14-10/h1-3,5-6,11-12H,4,7-8H2. The van der Waals surface area contributed by atoms with Gasteiger partial charge in [0, 0.05) is 5.69 Å². The maximum atomic E-state index is 3.31. The van der Waals surface area contributed by atoms with Crippen LogP contribution in [0.4, 0.5) is 5.69 Å². The van der Waals surface area contributed by atoms with Gasteiger partial charge in [-0.25, -0.2) is 0 Å². The van der Waals surface area contributed by atoms with Gasteiger partial charge in [-0.05, 0) is 30.1 Å². The molecule has 0 amide bonds. The summed E-state index contributed by atoms with van der Waals surface area (Å²) < 4.78 is 0. The summed E-state index contributed by atoms with van der Waals surface area (Å²) in [6, 6.07) is 10.2. The molecule has 1 aliphatic rings. The zero-order chi connectivity index (χ0) is 9.64. The maximum Gasteiger partial charge on any atom is 0.376 e. The van der Waals surface area contributed by atoms with Crippen molar-refractivity contribution in [3.63, 3.8) is 0 Å². The minimum absolute atomic E-state index is 0.490. The molecule has 1 aromatic rings. The van der Waals surface area contributed by atoms with Gasteiger partial charge < -0.3 is 5.43 Å². The highest BCUT2D eigenvalue weighted by atomic mass is 32.2. The van der Waals surface area contributed by atoms with Gasteiger partial charge >= 0.3 is 5.40 Å². The van der Waals surface area contributed by atoms with Gasteiger partial charge in [0.25, 0.3) is 0 Å². The Kier molecular flexibility index (Phi) is 4.10. The molecule has 74 valence electrons. The molecule has 14 heavy (non-hydrogen) atoms. The van der Waals surface area contributed by atoms with Gasteiger partial charge in [-0.15, -0.1) is 0 Å². The molecule has 1 heterocycles. The van der Waals surface area contributed by atoms with E-state index < -0.39 is 0 Å². The third-order valence-electron chi connectivity index (χ3n) is 1.94. The molecule has 0 aliphatic carbocycles. The number of benzene rings is 1. The van der Waals surface area contributed by atoms with Crippen LogP contribution in [0.1, 0.15) is 6.42 Å². The highest BCUT2D eigenvalue weighted by molar-refractivity contribution is 8.54. The molecule has 1 fully saturated rings. The van der Waals surface area contributed by atoms with Crippen molar-refractivity contribution in [2.45, 2.75) is 6.42 Å². The summed E-state index contributed by atoms with van der Waals surface area (Å²) in [5.74, 6) is 2.53. The first kappa shape index (κ1) is 10.3. The molecular formula is C9H13BN2S2. The van der Waals surface area contributed by atoms with Crippen LogP contribution in [-0.4, -0.2) is 16.9 Å². The summed E-state index contributed by atoms with van der Waals surface area (Å²) in [5, 5.41) is 3.80. The van der Waals surface area contributed by atoms with Gasteiger partial charge in [0.1, 0.15) is 0 Å². The number of nitrogens with one attached hydrogen (secondary N) is 2. The van der Waals surface area contributed by atoms with Crippen LogP contribution in [0.2, 0.25) is 0 Å². The average Bonchev–Trinajstić information content (AvgIpc) is 2.29. The second-order valence-corrected chi connectivity index (χ2v) is 5.79. The lowest BCUT2D eigenvalue weighted by molar-refractivity contribution is 1.12. The van der Waals surface area contributed by atoms with Gasteiger partial charge in [-0.3, -0.25) is 5.34 Å². The molecule has 0 spiro atoms. The van der Waals surface area contributed by atoms with E-state index in [-0.39, 0.29) is 0 Å². The Morgan fingerprint density at radius 3 is 2.50 bits per heavy atom. The van der Waals surface area contributed by atoms with E-state index in [1.165, 1.54) is 17.9 Å². The maximum absolute atomic E-state index is 3.31. The van der Waals surface area contributed by atoms with Crippen LogP contribution in [-0.2, 0) is 0 Å². The topological polar surface area (TPSA) is 24.1 Å². The Labute approximate surface area is 93.5 Å². The van der Waals surface area contributed by atoms with E-state index in [0.29, 0.717) is 5.40 Å². The zero-order valence-corrected chi connectivity index (χ0v) is 9.53. The van der Waals surface area contributed by atoms with E-state index in [9.17, 15) is 0 Å². The van der Waals surface area contributed by atoms with Crippen molar-refractivity contribution in [2.24, 2.45) is 0 Å². The molecule has 0 saturated carbocycles. The average molecular weight is 224 g/mol. The van der Waals surface area contributed by atoms with E-state index in [4.69, 9.17) is 0 Å². The Morgan fingerprint density at radius 2 is 1.79 bits per heavy atom. The Morgan fingerprint density at radius 1 is 1.07 bits per heavy atom. The summed E-state index contributed by atoms with van der Waals surface area (Å²) in [5.41, 5.74) is 4.35. The van der Waals surface area contributed by atoms with Crippen molar-refractivity contribution < 1.29 is 0 Å². The second kappa shape index (κ2) is 5.58. The number of rotatable bonds is 3. The number of hydrogen-bond acceptors (Lipinski definition) is 4. The summed E-state index contributed by atoms with van der Waals surface area (Å²) in [7, 11) is 0. The summed E-state index contributed by atoms with van der Waals surface area (Å²) in [6.45, 7) is 0. The first-order valence-corrected chi connectivity index (χ1v) is 6.85. The van der Waals surface area contributed by atoms with Gasteiger partial charge in [0.05, 0.1) is 0 Å². The van der Waals surface area contributed by atoms with Gasteiger partial charge in [0.15, 0.2) is 0 Å². The minimum atomic E-state index is 0.490. The lowest BCUT2D eigenvalue weighted by Crippen LogP contribution is -2.35. The number of hydrogen-bond donors (Lipinski definition) is 2. The van der Waals surface area contributed by atoms with E-state index >= 15 is 0 Å². The van der Waals surface area contributed by atoms with Crippen LogP contribution in [0.3, 0.4) is 0 Å². The fourth-order valence-corrected chi connectivity index (χ4v) is 3.71. The van der Waals surface area contributed by atoms with Crippen LogP contribution in [0.15, 0.2) is 30.3 Å². The molecule has 2 N–H and O–H groups in total. The number of anilines is 1. The smallest absolute Gasteiger partial charge is 0.330 e. The molecule has 0 bridgehead atoms. The van der Waals surface area contributed by atoms with Gasteiger partial charge in [0.2, 0.25) is 0 Å². The zero-order valence-electron chi connectivity index (χ0n) is 7.90. The Balaban J connectivity index is 1.76. The Bertz CT molecular complexity index is 265. The van der Waals surface area contributed by atoms with E-state index in [1.54, 1.807) is 0 Å². The predicted molar refractivity (Wildman–Crippen MR) is 68.5 cm³/mol. The van der Waals surface area contributed by atoms with Crippen molar-refractivity contribution in [1.29, 1.82) is 0 Å². The molecular weight excluding hydrogens is 211 g/mol. The second-order valence-electron chi connectivity index (χ2n) is 3.06. The fraction of sp³-hybridized carbons (Fsp3) is 0.333. The minimum Gasteiger partial charge on any atom is -0.330 e. The molecule has 2 nitrogen and oxygen atoms in total. The molecule has 0 atom stereocenters. The summed E-state index contributed by atoms with van der Waals surface area (Å²) in [6.07, 6.45) is 1.33. The van der Waals surface area contributed by atoms with Crippen LogP contribution in [0.25, 0.3) is 0 Å². The molecule has 2 rings (SSSR count). The molecule has 5 heteroatoms. The monoisotopic (exact) mass is 224 g/mol. The van der Waals surface area contributed by atoms with Crippen molar-refractivity contribution in [3.8, 4) is 0 Å². The summed E-state index contributed by atoms with van der Waals surface area (Å²) in [4.78, 5) is 0. The van der Waals surface area contributed by atoms with Gasteiger partial charge in [-0.2, -0.15) is 23.2 Å². The lowest BCUT2D eigenvalue weighted by atomic mass is 10.3. The van der Waals surface area contributed by atoms with Gasteiger partial charge in [-0.1, -0.05) is 18.2 Å². The van der Waals surface area contributed by atoms with Crippen LogP contribution in [0.5, 0.6) is 0 Å². The van der Waals surface area contributed by atoms with Crippen molar-refractivity contribution in [1.82, 2.24) is 5.34 Å². The fourth-order valence-electron chi connectivity index (χ4n) is 1.23. The summed E-state index contributed by atoms with van der Waals surface area (Å²) >= 11 is 3.94. The van der Waals surface area contributed by atoms with Crippen LogP contribution in [0, 0.1) is 0 Å². The highest BCUT2D eigenvalue weighted by Crippen LogP contribution is 2.24. The SMILES string of the molecule is c1ccc(NNB2SCCCS2)cc1. The highest BCUT2D eigenvalue weighted by Gasteiger charge is 2.18. The van der Waals surface area contributed by atoms with Crippen molar-refractivity contribution >= 4 is 34.3 Å². The predicted octanol–water partition coefficient (Wildman–Crippen LogP) is 2.46. The normalized spacial score (nSPS) is 16.7. The molecule has 0 aromatic heterocycles. The van der Waals surface area contributed by atoms with Crippen LogP contribution >= 0.6 is 23.2 Å². The van der Waals surface area contributed by atoms with Crippen molar-refractivity contribution in [3.05, 3.63) is 30.3 Å². The molecule has 0 radical (unpaired) electrons. The third-order valence-corrected chi connectivity index (χ3v) is 4.64.